The van der Waals surface area contributed by atoms with Gasteiger partial charge in [-0.2, -0.15) is 5.10 Å². The summed E-state index contributed by atoms with van der Waals surface area (Å²) in [5.41, 5.74) is 2.74. The van der Waals surface area contributed by atoms with Gasteiger partial charge in [0.1, 0.15) is 5.75 Å². The van der Waals surface area contributed by atoms with Crippen LogP contribution in [0.1, 0.15) is 25.3 Å². The van der Waals surface area contributed by atoms with Crippen molar-refractivity contribution in [3.8, 4) is 5.75 Å². The Morgan fingerprint density at radius 3 is 3.00 bits per heavy atom. The summed E-state index contributed by atoms with van der Waals surface area (Å²) >= 11 is 0. The van der Waals surface area contributed by atoms with Crippen LogP contribution < -0.4 is 5.43 Å². The molecule has 5 heteroatoms. The van der Waals surface area contributed by atoms with Crippen molar-refractivity contribution in [1.82, 2.24) is 5.43 Å². The number of para-hydroxylation sites is 1. The highest BCUT2D eigenvalue weighted by molar-refractivity contribution is 5.84. The van der Waals surface area contributed by atoms with Crippen molar-refractivity contribution in [1.29, 1.82) is 0 Å². The summed E-state index contributed by atoms with van der Waals surface area (Å²) in [4.78, 5) is 11.1. The molecule has 0 saturated carbocycles. The lowest BCUT2D eigenvalue weighted by Crippen LogP contribution is -2.19. The number of unbranched alkanes of at least 4 members (excludes halogenated alkanes) is 1. The van der Waals surface area contributed by atoms with E-state index in [4.69, 9.17) is 4.74 Å². The van der Waals surface area contributed by atoms with E-state index in [0.717, 1.165) is 12.8 Å². The van der Waals surface area contributed by atoms with E-state index in [1.807, 2.05) is 6.92 Å². The maximum atomic E-state index is 11.1. The first-order valence-electron chi connectivity index (χ1n) is 5.48. The average Bonchev–Trinajstić information content (AvgIpc) is 2.32. The van der Waals surface area contributed by atoms with Crippen molar-refractivity contribution < 1.29 is 14.6 Å². The number of carbonyl (C=O) groups is 1. The number of ether oxygens (including phenoxy) is 1. The van der Waals surface area contributed by atoms with Gasteiger partial charge in [0, 0.05) is 5.56 Å². The van der Waals surface area contributed by atoms with E-state index in [-0.39, 0.29) is 5.75 Å². The minimum Gasteiger partial charge on any atom is -0.507 e. The Labute approximate surface area is 100 Å². The normalized spacial score (nSPS) is 10.4. The van der Waals surface area contributed by atoms with Gasteiger partial charge in [0.2, 0.25) is 0 Å². The van der Waals surface area contributed by atoms with E-state index in [9.17, 15) is 9.90 Å². The number of phenols is 1. The number of benzene rings is 1. The second kappa shape index (κ2) is 7.27. The Morgan fingerprint density at radius 1 is 1.53 bits per heavy atom. The molecule has 0 atom stereocenters. The lowest BCUT2D eigenvalue weighted by Gasteiger charge is -2.02. The number of nitrogens with one attached hydrogen (secondary N) is 1. The number of hydrogen-bond donors (Lipinski definition) is 2. The lowest BCUT2D eigenvalue weighted by atomic mass is 10.2. The fourth-order valence-corrected chi connectivity index (χ4v) is 1.09. The molecule has 0 spiro atoms. The Bertz CT molecular complexity index is 391. The third-order valence-corrected chi connectivity index (χ3v) is 2.03. The van der Waals surface area contributed by atoms with Gasteiger partial charge in [-0.3, -0.25) is 0 Å². The first kappa shape index (κ1) is 13.0. The summed E-state index contributed by atoms with van der Waals surface area (Å²) in [5, 5.41) is 13.1. The number of amides is 1. The Morgan fingerprint density at radius 2 is 2.29 bits per heavy atom. The molecule has 17 heavy (non-hydrogen) atoms. The number of hydrogen-bond acceptors (Lipinski definition) is 4. The zero-order valence-corrected chi connectivity index (χ0v) is 9.72. The highest BCUT2D eigenvalue weighted by Crippen LogP contribution is 2.12. The van der Waals surface area contributed by atoms with Crippen LogP contribution in [0.5, 0.6) is 5.75 Å². The van der Waals surface area contributed by atoms with Crippen LogP contribution in [0.4, 0.5) is 4.79 Å². The van der Waals surface area contributed by atoms with Crippen LogP contribution in [-0.4, -0.2) is 24.0 Å². The molecule has 1 aromatic rings. The van der Waals surface area contributed by atoms with Crippen molar-refractivity contribution in [2.24, 2.45) is 5.10 Å². The highest BCUT2D eigenvalue weighted by Gasteiger charge is 1.99. The fourth-order valence-electron chi connectivity index (χ4n) is 1.09. The molecule has 0 aliphatic carbocycles. The van der Waals surface area contributed by atoms with Gasteiger partial charge in [-0.25, -0.2) is 10.2 Å². The largest absolute Gasteiger partial charge is 0.507 e. The second-order valence-corrected chi connectivity index (χ2v) is 3.42. The van der Waals surface area contributed by atoms with Gasteiger partial charge in [-0.1, -0.05) is 25.5 Å². The molecule has 0 aliphatic rings. The zero-order chi connectivity index (χ0) is 12.5. The maximum Gasteiger partial charge on any atom is 0.427 e. The minimum absolute atomic E-state index is 0.109. The van der Waals surface area contributed by atoms with E-state index in [0.29, 0.717) is 12.2 Å². The van der Waals surface area contributed by atoms with Crippen LogP contribution in [0, 0.1) is 0 Å². The molecular formula is C12H16N2O3. The number of phenolic OH excluding ortho intramolecular Hbond substituents is 1. The van der Waals surface area contributed by atoms with Gasteiger partial charge in [-0.05, 0) is 18.6 Å². The van der Waals surface area contributed by atoms with Crippen molar-refractivity contribution >= 4 is 12.3 Å². The van der Waals surface area contributed by atoms with Crippen molar-refractivity contribution in [3.63, 3.8) is 0 Å². The molecule has 0 heterocycles. The SMILES string of the molecule is CCCCOC(=O)N/N=C\c1ccccc1O. The number of nitrogens with zero attached hydrogens (tertiary/aromatic N) is 1. The molecule has 0 bridgehead atoms. The van der Waals surface area contributed by atoms with Gasteiger partial charge in [0.25, 0.3) is 0 Å². The molecule has 0 radical (unpaired) electrons. The Balaban J connectivity index is 2.35. The van der Waals surface area contributed by atoms with Crippen LogP contribution in [0.2, 0.25) is 0 Å². The van der Waals surface area contributed by atoms with Gasteiger partial charge in [0.05, 0.1) is 12.8 Å². The monoisotopic (exact) mass is 236 g/mol. The zero-order valence-electron chi connectivity index (χ0n) is 9.72. The molecule has 1 amide bonds. The van der Waals surface area contributed by atoms with E-state index < -0.39 is 6.09 Å². The summed E-state index contributed by atoms with van der Waals surface area (Å²) in [7, 11) is 0. The highest BCUT2D eigenvalue weighted by atomic mass is 16.5. The predicted octanol–water partition coefficient (Wildman–Crippen LogP) is 2.25. The van der Waals surface area contributed by atoms with Crippen LogP contribution >= 0.6 is 0 Å². The molecule has 0 unspecified atom stereocenters. The molecule has 0 fully saturated rings. The molecule has 0 saturated heterocycles. The van der Waals surface area contributed by atoms with Crippen LogP contribution in [-0.2, 0) is 4.74 Å². The van der Waals surface area contributed by atoms with Crippen molar-refractivity contribution in [2.45, 2.75) is 19.8 Å². The molecule has 5 nitrogen and oxygen atoms in total. The minimum atomic E-state index is -0.592. The number of carbonyl (C=O) groups excluding carboxylic acids is 1. The average molecular weight is 236 g/mol. The standard InChI is InChI=1S/C12H16N2O3/c1-2-3-8-17-12(16)14-13-9-10-6-4-5-7-11(10)15/h4-7,9,15H,2-3,8H2,1H3,(H,14,16)/b13-9-. The Hall–Kier alpha value is -2.04. The van der Waals surface area contributed by atoms with Gasteiger partial charge in [-0.15, -0.1) is 0 Å². The Kier molecular flexibility index (Phi) is 5.57. The van der Waals surface area contributed by atoms with Crippen LogP contribution in [0.15, 0.2) is 29.4 Å². The van der Waals surface area contributed by atoms with E-state index in [1.54, 1.807) is 24.3 Å². The van der Waals surface area contributed by atoms with Crippen LogP contribution in [0.3, 0.4) is 0 Å². The van der Waals surface area contributed by atoms with Crippen molar-refractivity contribution in [3.05, 3.63) is 29.8 Å². The predicted molar refractivity (Wildman–Crippen MR) is 65.1 cm³/mol. The number of hydrazone groups is 1. The van der Waals surface area contributed by atoms with E-state index >= 15 is 0 Å². The molecule has 92 valence electrons. The summed E-state index contributed by atoms with van der Waals surface area (Å²) in [6.07, 6.45) is 2.56. The molecule has 0 aromatic heterocycles. The third-order valence-electron chi connectivity index (χ3n) is 2.03. The third kappa shape index (κ3) is 5.01. The van der Waals surface area contributed by atoms with Gasteiger partial charge >= 0.3 is 6.09 Å². The number of aromatic hydroxyl groups is 1. The summed E-state index contributed by atoms with van der Waals surface area (Å²) in [6, 6.07) is 6.70. The topological polar surface area (TPSA) is 70.9 Å². The molecular weight excluding hydrogens is 220 g/mol. The van der Waals surface area contributed by atoms with Gasteiger partial charge < -0.3 is 9.84 Å². The first-order valence-corrected chi connectivity index (χ1v) is 5.48. The second-order valence-electron chi connectivity index (χ2n) is 3.42. The summed E-state index contributed by atoms with van der Waals surface area (Å²) < 4.78 is 4.82. The molecule has 2 N–H and O–H groups in total. The van der Waals surface area contributed by atoms with Crippen LogP contribution in [0.25, 0.3) is 0 Å². The van der Waals surface area contributed by atoms with E-state index in [2.05, 4.69) is 10.5 Å². The lowest BCUT2D eigenvalue weighted by molar-refractivity contribution is 0.145. The molecule has 1 aromatic carbocycles. The van der Waals surface area contributed by atoms with Gasteiger partial charge in [0.15, 0.2) is 0 Å². The summed E-state index contributed by atoms with van der Waals surface area (Å²) in [6.45, 7) is 2.39. The molecule has 0 aliphatic heterocycles. The quantitative estimate of drug-likeness (QED) is 0.468. The first-order chi connectivity index (χ1) is 8.24. The molecule has 1 rings (SSSR count). The number of rotatable bonds is 5. The van der Waals surface area contributed by atoms with E-state index in [1.165, 1.54) is 6.21 Å². The maximum absolute atomic E-state index is 11.1. The van der Waals surface area contributed by atoms with Crippen molar-refractivity contribution in [2.75, 3.05) is 6.61 Å². The summed E-state index contributed by atoms with van der Waals surface area (Å²) in [5.74, 6) is 0.109. The fraction of sp³-hybridized carbons (Fsp3) is 0.333. The smallest absolute Gasteiger partial charge is 0.427 e.